The Labute approximate surface area is 102 Å². The smallest absolute Gasteiger partial charge is 0.156 e. The lowest BCUT2D eigenvalue weighted by molar-refractivity contribution is 0.994. The topological polar surface area (TPSA) is 76.7 Å². The summed E-state index contributed by atoms with van der Waals surface area (Å²) < 4.78 is 0.974. The molecule has 3 N–H and O–H groups in total. The van der Waals surface area contributed by atoms with Crippen LogP contribution in [0, 0.1) is 13.8 Å². The Kier molecular flexibility index (Phi) is 3.37. The van der Waals surface area contributed by atoms with Crippen molar-refractivity contribution in [2.24, 2.45) is 5.84 Å². The summed E-state index contributed by atoms with van der Waals surface area (Å²) in [5, 5.41) is 2.89. The molecular formula is C9H11N5S2. The predicted octanol–water partition coefficient (Wildman–Crippen LogP) is 1.99. The van der Waals surface area contributed by atoms with E-state index in [0.29, 0.717) is 5.82 Å². The van der Waals surface area contributed by atoms with E-state index in [1.54, 1.807) is 11.3 Å². The first-order valence-corrected chi connectivity index (χ1v) is 6.28. The predicted molar refractivity (Wildman–Crippen MR) is 65.6 cm³/mol. The molecular weight excluding hydrogens is 242 g/mol. The van der Waals surface area contributed by atoms with Crippen LogP contribution in [0.15, 0.2) is 21.1 Å². The summed E-state index contributed by atoms with van der Waals surface area (Å²) in [5.41, 5.74) is 4.50. The van der Waals surface area contributed by atoms with Crippen molar-refractivity contribution in [2.75, 3.05) is 5.43 Å². The summed E-state index contributed by atoms with van der Waals surface area (Å²) in [6.07, 6.45) is 1.49. The minimum absolute atomic E-state index is 0.644. The molecule has 84 valence electrons. The van der Waals surface area contributed by atoms with Gasteiger partial charge >= 0.3 is 0 Å². The van der Waals surface area contributed by atoms with Gasteiger partial charge in [0.05, 0.1) is 0 Å². The number of aromatic nitrogens is 3. The Morgan fingerprint density at radius 1 is 1.38 bits per heavy atom. The van der Waals surface area contributed by atoms with Crippen molar-refractivity contribution in [3.63, 3.8) is 0 Å². The van der Waals surface area contributed by atoms with Crippen molar-refractivity contribution in [2.45, 2.75) is 23.2 Å². The van der Waals surface area contributed by atoms with Crippen LogP contribution in [0.2, 0.25) is 0 Å². The van der Waals surface area contributed by atoms with Crippen molar-refractivity contribution in [1.82, 2.24) is 15.0 Å². The van der Waals surface area contributed by atoms with Crippen molar-refractivity contribution >= 4 is 28.9 Å². The second-order valence-electron chi connectivity index (χ2n) is 3.15. The zero-order valence-corrected chi connectivity index (χ0v) is 10.5. The van der Waals surface area contributed by atoms with Crippen LogP contribution in [-0.2, 0) is 0 Å². The van der Waals surface area contributed by atoms with E-state index in [1.165, 1.54) is 18.1 Å². The van der Waals surface area contributed by atoms with Crippen LogP contribution >= 0.6 is 23.1 Å². The van der Waals surface area contributed by atoms with Gasteiger partial charge in [-0.05, 0) is 25.6 Å². The van der Waals surface area contributed by atoms with E-state index in [4.69, 9.17) is 5.84 Å². The van der Waals surface area contributed by atoms with Gasteiger partial charge in [0.25, 0.3) is 0 Å². The van der Waals surface area contributed by atoms with E-state index in [9.17, 15) is 0 Å². The van der Waals surface area contributed by atoms with Gasteiger partial charge < -0.3 is 5.43 Å². The summed E-state index contributed by atoms with van der Waals surface area (Å²) in [6.45, 7) is 3.90. The molecule has 7 heteroatoms. The van der Waals surface area contributed by atoms with Gasteiger partial charge in [-0.1, -0.05) is 0 Å². The molecule has 0 spiro atoms. The largest absolute Gasteiger partial charge is 0.308 e. The molecule has 2 aromatic rings. The minimum atomic E-state index is 0.644. The fourth-order valence-corrected chi connectivity index (χ4v) is 2.94. The number of thiazole rings is 1. The summed E-state index contributed by atoms with van der Waals surface area (Å²) in [4.78, 5) is 12.6. The SMILES string of the molecule is Cc1csc(Sc2ncnc(NN)c2C)n1. The van der Waals surface area contributed by atoms with E-state index in [2.05, 4.69) is 20.4 Å². The van der Waals surface area contributed by atoms with Gasteiger partial charge in [0.1, 0.15) is 17.2 Å². The highest BCUT2D eigenvalue weighted by molar-refractivity contribution is 8.01. The summed E-state index contributed by atoms with van der Waals surface area (Å²) >= 11 is 3.13. The van der Waals surface area contributed by atoms with Crippen LogP contribution in [0.3, 0.4) is 0 Å². The lowest BCUT2D eigenvalue weighted by atomic mass is 10.3. The van der Waals surface area contributed by atoms with Crippen molar-refractivity contribution in [3.05, 3.63) is 23.0 Å². The molecule has 0 atom stereocenters. The average Bonchev–Trinajstić information content (AvgIpc) is 2.67. The second-order valence-corrected chi connectivity index (χ2v) is 5.25. The number of rotatable bonds is 3. The minimum Gasteiger partial charge on any atom is -0.308 e. The third-order valence-corrected chi connectivity index (χ3v) is 4.12. The van der Waals surface area contributed by atoms with Gasteiger partial charge in [0.2, 0.25) is 0 Å². The number of nitrogens with two attached hydrogens (primary N) is 1. The highest BCUT2D eigenvalue weighted by Crippen LogP contribution is 2.32. The molecule has 0 aliphatic heterocycles. The molecule has 0 bridgehead atoms. The van der Waals surface area contributed by atoms with Crippen LogP contribution in [0.4, 0.5) is 5.82 Å². The first-order chi connectivity index (χ1) is 7.70. The number of hydrazine groups is 1. The van der Waals surface area contributed by atoms with E-state index < -0.39 is 0 Å². The van der Waals surface area contributed by atoms with Gasteiger partial charge in [-0.2, -0.15) is 0 Å². The Balaban J connectivity index is 2.28. The molecule has 0 fully saturated rings. The molecule has 2 heterocycles. The van der Waals surface area contributed by atoms with E-state index in [1.807, 2.05) is 19.2 Å². The van der Waals surface area contributed by atoms with Gasteiger partial charge in [0.15, 0.2) is 4.34 Å². The maximum absolute atomic E-state index is 5.35. The van der Waals surface area contributed by atoms with E-state index in [-0.39, 0.29) is 0 Å². The molecule has 0 aliphatic carbocycles. The molecule has 0 unspecified atom stereocenters. The lowest BCUT2D eigenvalue weighted by Crippen LogP contribution is -2.10. The van der Waals surface area contributed by atoms with Gasteiger partial charge in [0, 0.05) is 16.6 Å². The Hall–Kier alpha value is -1.18. The highest BCUT2D eigenvalue weighted by Gasteiger charge is 2.09. The number of hydrogen-bond acceptors (Lipinski definition) is 7. The molecule has 0 amide bonds. The van der Waals surface area contributed by atoms with Crippen LogP contribution < -0.4 is 11.3 Å². The van der Waals surface area contributed by atoms with E-state index in [0.717, 1.165) is 20.6 Å². The summed E-state index contributed by atoms with van der Waals surface area (Å²) in [7, 11) is 0. The van der Waals surface area contributed by atoms with E-state index >= 15 is 0 Å². The van der Waals surface area contributed by atoms with Gasteiger partial charge in [-0.3, -0.25) is 0 Å². The highest BCUT2D eigenvalue weighted by atomic mass is 32.2. The zero-order valence-electron chi connectivity index (χ0n) is 8.89. The van der Waals surface area contributed by atoms with Crippen molar-refractivity contribution in [1.29, 1.82) is 0 Å². The van der Waals surface area contributed by atoms with Crippen LogP contribution in [0.5, 0.6) is 0 Å². The standard InChI is InChI=1S/C9H11N5S2/c1-5-3-15-9(13-5)16-8-6(2)7(14-10)11-4-12-8/h3-4H,10H2,1-2H3,(H,11,12,14). The normalized spacial score (nSPS) is 10.4. The fourth-order valence-electron chi connectivity index (χ4n) is 1.14. The molecule has 0 aliphatic rings. The molecule has 2 rings (SSSR count). The summed E-state index contributed by atoms with van der Waals surface area (Å²) in [6, 6.07) is 0. The van der Waals surface area contributed by atoms with Gasteiger partial charge in [-0.25, -0.2) is 20.8 Å². The van der Waals surface area contributed by atoms with Crippen LogP contribution in [-0.4, -0.2) is 15.0 Å². The number of nitrogens with one attached hydrogen (secondary N) is 1. The second kappa shape index (κ2) is 4.77. The quantitative estimate of drug-likeness (QED) is 0.495. The fraction of sp³-hybridized carbons (Fsp3) is 0.222. The average molecular weight is 253 g/mol. The molecule has 2 aromatic heterocycles. The Morgan fingerprint density at radius 3 is 2.81 bits per heavy atom. The van der Waals surface area contributed by atoms with Crippen LogP contribution in [0.25, 0.3) is 0 Å². The number of hydrogen-bond donors (Lipinski definition) is 2. The third kappa shape index (κ3) is 2.31. The molecule has 0 radical (unpaired) electrons. The van der Waals surface area contributed by atoms with Crippen LogP contribution in [0.1, 0.15) is 11.3 Å². The number of anilines is 1. The maximum Gasteiger partial charge on any atom is 0.156 e. The summed E-state index contributed by atoms with van der Waals surface area (Å²) in [5.74, 6) is 6.00. The monoisotopic (exact) mass is 253 g/mol. The molecule has 0 saturated carbocycles. The third-order valence-electron chi connectivity index (χ3n) is 1.96. The van der Waals surface area contributed by atoms with Crippen molar-refractivity contribution < 1.29 is 0 Å². The molecule has 5 nitrogen and oxygen atoms in total. The maximum atomic E-state index is 5.35. The van der Waals surface area contributed by atoms with Gasteiger partial charge in [-0.15, -0.1) is 11.3 Å². The lowest BCUT2D eigenvalue weighted by Gasteiger charge is -2.06. The molecule has 16 heavy (non-hydrogen) atoms. The molecule has 0 saturated heterocycles. The number of aryl methyl sites for hydroxylation is 1. The zero-order chi connectivity index (χ0) is 11.5. The van der Waals surface area contributed by atoms with Crippen molar-refractivity contribution in [3.8, 4) is 0 Å². The number of nitrogens with zero attached hydrogens (tertiary/aromatic N) is 3. The Bertz CT molecular complexity index is 496. The Morgan fingerprint density at radius 2 is 2.19 bits per heavy atom. The first-order valence-electron chi connectivity index (χ1n) is 4.59. The molecule has 0 aromatic carbocycles. The first kappa shape index (κ1) is 11.3. The number of nitrogen functional groups attached to an aromatic ring is 1.